The Morgan fingerprint density at radius 1 is 1.10 bits per heavy atom. The number of hydrogen-bond donors (Lipinski definition) is 3. The monoisotopic (exact) mass is 411 g/mol. The summed E-state index contributed by atoms with van der Waals surface area (Å²) < 4.78 is 6.82. The molecule has 3 aromatic rings. The molecule has 0 saturated heterocycles. The smallest absolute Gasteiger partial charge is 0.338 e. The van der Waals surface area contributed by atoms with Gasteiger partial charge in [-0.25, -0.2) is 9.78 Å². The van der Waals surface area contributed by atoms with E-state index < -0.39 is 0 Å². The second-order valence-electron chi connectivity index (χ2n) is 6.18. The molecule has 0 aliphatic heterocycles. The molecule has 0 saturated carbocycles. The van der Waals surface area contributed by atoms with E-state index in [1.165, 1.54) is 0 Å². The molecule has 150 valence electrons. The molecule has 0 aliphatic carbocycles. The molecule has 0 bridgehead atoms. The molecule has 3 N–H and O–H groups in total. The van der Waals surface area contributed by atoms with Crippen molar-refractivity contribution in [2.75, 3.05) is 11.9 Å². The zero-order valence-corrected chi connectivity index (χ0v) is 16.9. The number of fused-ring (bicyclic) bond motifs is 1. The Balaban J connectivity index is 1.50. The molecule has 0 fully saturated rings. The summed E-state index contributed by atoms with van der Waals surface area (Å²) in [5, 5.41) is 3.14. The summed E-state index contributed by atoms with van der Waals surface area (Å²) in [7, 11) is 1.87. The molecular weight excluding hydrogens is 390 g/mol. The number of nitrogens with one attached hydrogen (secondary N) is 3. The summed E-state index contributed by atoms with van der Waals surface area (Å²) in [5.74, 6) is -0.00175. The van der Waals surface area contributed by atoms with E-state index in [1.807, 2.05) is 35.9 Å². The van der Waals surface area contributed by atoms with Gasteiger partial charge in [0.2, 0.25) is 5.91 Å². The Morgan fingerprint density at radius 3 is 2.52 bits per heavy atom. The first-order chi connectivity index (χ1) is 14.0. The van der Waals surface area contributed by atoms with E-state index in [0.29, 0.717) is 23.7 Å². The Labute approximate surface area is 173 Å². The number of ether oxygens (including phenoxy) is 1. The Hall–Kier alpha value is -3.46. The quantitative estimate of drug-likeness (QED) is 0.337. The van der Waals surface area contributed by atoms with Gasteiger partial charge < -0.3 is 14.6 Å². The predicted molar refractivity (Wildman–Crippen MR) is 114 cm³/mol. The molecule has 8 nitrogen and oxygen atoms in total. The average Bonchev–Trinajstić information content (AvgIpc) is 3.03. The zero-order chi connectivity index (χ0) is 20.8. The number of hydrogen-bond acceptors (Lipinski definition) is 5. The highest BCUT2D eigenvalue weighted by atomic mass is 32.1. The van der Waals surface area contributed by atoms with Gasteiger partial charge in [0.05, 0.1) is 29.6 Å². The number of nitrogens with zero attached hydrogens (tertiary/aromatic N) is 2. The number of carbonyl (C=O) groups is 2. The summed E-state index contributed by atoms with van der Waals surface area (Å²) in [4.78, 5) is 28.3. The lowest BCUT2D eigenvalue weighted by Gasteiger charge is -2.12. The fourth-order valence-electron chi connectivity index (χ4n) is 2.73. The SMILES string of the molecule is CCOC(=O)c1ccc(NC(=S)NNC(=O)Cc2nc3ccccc3n2C)cc1. The summed E-state index contributed by atoms with van der Waals surface area (Å²) in [6, 6.07) is 14.3. The lowest BCUT2D eigenvalue weighted by Crippen LogP contribution is -2.44. The van der Waals surface area contributed by atoms with E-state index in [2.05, 4.69) is 21.2 Å². The Morgan fingerprint density at radius 2 is 1.83 bits per heavy atom. The maximum atomic E-state index is 12.2. The minimum Gasteiger partial charge on any atom is -0.462 e. The van der Waals surface area contributed by atoms with Crippen molar-refractivity contribution >= 4 is 45.9 Å². The lowest BCUT2D eigenvalue weighted by molar-refractivity contribution is -0.121. The number of imidazole rings is 1. The van der Waals surface area contributed by atoms with Gasteiger partial charge in [0.15, 0.2) is 5.11 Å². The van der Waals surface area contributed by atoms with Gasteiger partial charge in [0.25, 0.3) is 0 Å². The van der Waals surface area contributed by atoms with Crippen LogP contribution in [0.1, 0.15) is 23.1 Å². The molecule has 9 heteroatoms. The van der Waals surface area contributed by atoms with Gasteiger partial charge in [-0.3, -0.25) is 15.6 Å². The number of aryl methyl sites for hydroxylation is 1. The Kier molecular flexibility index (Phi) is 6.40. The third-order valence-corrected chi connectivity index (χ3v) is 4.37. The lowest BCUT2D eigenvalue weighted by atomic mass is 10.2. The summed E-state index contributed by atoms with van der Waals surface area (Å²) >= 11 is 5.17. The summed E-state index contributed by atoms with van der Waals surface area (Å²) in [5.41, 5.74) is 8.13. The van der Waals surface area contributed by atoms with Crippen molar-refractivity contribution in [3.8, 4) is 0 Å². The van der Waals surface area contributed by atoms with Crippen LogP contribution in [0.3, 0.4) is 0 Å². The van der Waals surface area contributed by atoms with E-state index in [4.69, 9.17) is 17.0 Å². The van der Waals surface area contributed by atoms with Gasteiger partial charge in [-0.2, -0.15) is 0 Å². The molecule has 1 heterocycles. The van der Waals surface area contributed by atoms with E-state index in [-0.39, 0.29) is 23.4 Å². The fourth-order valence-corrected chi connectivity index (χ4v) is 2.90. The third-order valence-electron chi connectivity index (χ3n) is 4.17. The normalized spacial score (nSPS) is 10.4. The standard InChI is InChI=1S/C20H21N5O3S/c1-3-28-19(27)13-8-10-14(11-9-13)21-20(29)24-23-18(26)12-17-22-15-6-4-5-7-16(15)25(17)2/h4-11H,3,12H2,1-2H3,(H,23,26)(H2,21,24,29). The molecule has 29 heavy (non-hydrogen) atoms. The molecule has 1 amide bonds. The highest BCUT2D eigenvalue weighted by Crippen LogP contribution is 2.14. The number of anilines is 1. The first-order valence-corrected chi connectivity index (χ1v) is 9.42. The topological polar surface area (TPSA) is 97.3 Å². The van der Waals surface area contributed by atoms with Gasteiger partial charge in [-0.05, 0) is 55.5 Å². The third kappa shape index (κ3) is 5.08. The van der Waals surface area contributed by atoms with Crippen LogP contribution in [0.2, 0.25) is 0 Å². The van der Waals surface area contributed by atoms with Crippen LogP contribution >= 0.6 is 12.2 Å². The first-order valence-electron chi connectivity index (χ1n) is 9.01. The Bertz CT molecular complexity index is 1050. The minimum atomic E-state index is -0.381. The van der Waals surface area contributed by atoms with Crippen LogP contribution in [0.5, 0.6) is 0 Å². The van der Waals surface area contributed by atoms with E-state index in [0.717, 1.165) is 11.0 Å². The number of esters is 1. The summed E-state index contributed by atoms with van der Waals surface area (Å²) in [6.07, 6.45) is 0.106. The average molecular weight is 411 g/mol. The van der Waals surface area contributed by atoms with Gasteiger partial charge in [0.1, 0.15) is 5.82 Å². The van der Waals surface area contributed by atoms with Crippen molar-refractivity contribution < 1.29 is 14.3 Å². The largest absolute Gasteiger partial charge is 0.462 e. The number of aromatic nitrogens is 2. The van der Waals surface area contributed by atoms with Crippen LogP contribution in [0, 0.1) is 0 Å². The van der Waals surface area contributed by atoms with Crippen molar-refractivity contribution in [3.05, 3.63) is 59.9 Å². The minimum absolute atomic E-state index is 0.106. The second-order valence-corrected chi connectivity index (χ2v) is 6.59. The molecule has 0 unspecified atom stereocenters. The summed E-state index contributed by atoms with van der Waals surface area (Å²) in [6.45, 7) is 2.07. The molecule has 0 radical (unpaired) electrons. The number of rotatable bonds is 5. The number of para-hydroxylation sites is 2. The number of hydrazine groups is 1. The van der Waals surface area contributed by atoms with Gasteiger partial charge in [-0.15, -0.1) is 0 Å². The number of benzene rings is 2. The second kappa shape index (κ2) is 9.16. The molecule has 0 aliphatic rings. The molecule has 3 rings (SSSR count). The fraction of sp³-hybridized carbons (Fsp3) is 0.200. The van der Waals surface area contributed by atoms with Crippen LogP contribution in [0.15, 0.2) is 48.5 Å². The van der Waals surface area contributed by atoms with Gasteiger partial charge in [-0.1, -0.05) is 12.1 Å². The van der Waals surface area contributed by atoms with Crippen molar-refractivity contribution in [2.24, 2.45) is 7.05 Å². The highest BCUT2D eigenvalue weighted by molar-refractivity contribution is 7.80. The molecular formula is C20H21N5O3S. The molecule has 0 spiro atoms. The maximum absolute atomic E-state index is 12.2. The van der Waals surface area contributed by atoms with E-state index >= 15 is 0 Å². The maximum Gasteiger partial charge on any atom is 0.338 e. The van der Waals surface area contributed by atoms with Crippen molar-refractivity contribution in [3.63, 3.8) is 0 Å². The number of carbonyl (C=O) groups excluding carboxylic acids is 2. The number of thiocarbonyl (C=S) groups is 1. The van der Waals surface area contributed by atoms with Crippen LogP contribution in [0.25, 0.3) is 11.0 Å². The first kappa shape index (κ1) is 20.3. The van der Waals surface area contributed by atoms with Crippen molar-refractivity contribution in [1.29, 1.82) is 0 Å². The van der Waals surface area contributed by atoms with E-state index in [1.54, 1.807) is 31.2 Å². The van der Waals surface area contributed by atoms with Crippen LogP contribution in [-0.2, 0) is 23.0 Å². The number of amides is 1. The van der Waals surface area contributed by atoms with Crippen molar-refractivity contribution in [1.82, 2.24) is 20.4 Å². The van der Waals surface area contributed by atoms with Crippen LogP contribution < -0.4 is 16.2 Å². The van der Waals surface area contributed by atoms with Crippen molar-refractivity contribution in [2.45, 2.75) is 13.3 Å². The van der Waals surface area contributed by atoms with Crippen LogP contribution in [-0.4, -0.2) is 33.1 Å². The van der Waals surface area contributed by atoms with Gasteiger partial charge in [0, 0.05) is 12.7 Å². The molecule has 1 aromatic heterocycles. The molecule has 0 atom stereocenters. The van der Waals surface area contributed by atoms with Crippen LogP contribution in [0.4, 0.5) is 5.69 Å². The highest BCUT2D eigenvalue weighted by Gasteiger charge is 2.12. The predicted octanol–water partition coefficient (Wildman–Crippen LogP) is 2.31. The zero-order valence-electron chi connectivity index (χ0n) is 16.1. The van der Waals surface area contributed by atoms with E-state index in [9.17, 15) is 9.59 Å². The molecule has 2 aromatic carbocycles. The van der Waals surface area contributed by atoms with Gasteiger partial charge >= 0.3 is 5.97 Å².